The maximum Gasteiger partial charge on any atom is 0.407 e. The molecule has 9 nitrogen and oxygen atoms in total. The Morgan fingerprint density at radius 3 is 1.98 bits per heavy atom. The largest absolute Gasteiger partial charge is 0.492 e. The highest BCUT2D eigenvalue weighted by Gasteiger charge is 2.30. The number of carbonyl (C=O) groups excluding carboxylic acids is 2. The number of alkyl carbamates (subject to hydrolysis) is 2. The highest BCUT2D eigenvalue weighted by atomic mass is 16.6. The van der Waals surface area contributed by atoms with Crippen molar-refractivity contribution in [2.45, 2.75) is 58.6 Å². The third-order valence-electron chi connectivity index (χ3n) is 6.34. The van der Waals surface area contributed by atoms with Crippen molar-refractivity contribution in [3.63, 3.8) is 0 Å². The second kappa shape index (κ2) is 14.9. The Labute approximate surface area is 247 Å². The molecule has 0 unspecified atom stereocenters. The van der Waals surface area contributed by atoms with Gasteiger partial charge in [-0.1, -0.05) is 74.5 Å². The SMILES string of the molecule is CC.CC(C)(C)OC(=O)NCCOc1ccc(C[C@H](NC(=O)OCC2c3ccccc3-c3ccccc32)C(=O)O)cc1. The van der Waals surface area contributed by atoms with Crippen molar-refractivity contribution in [3.05, 3.63) is 89.5 Å². The lowest BCUT2D eigenvalue weighted by atomic mass is 9.98. The van der Waals surface area contributed by atoms with Crippen LogP contribution in [0.4, 0.5) is 9.59 Å². The molecule has 0 aliphatic heterocycles. The lowest BCUT2D eigenvalue weighted by Gasteiger charge is -2.19. The van der Waals surface area contributed by atoms with E-state index in [1.165, 1.54) is 0 Å². The summed E-state index contributed by atoms with van der Waals surface area (Å²) in [6, 6.07) is 21.7. The van der Waals surface area contributed by atoms with E-state index in [2.05, 4.69) is 10.6 Å². The van der Waals surface area contributed by atoms with Crippen LogP contribution in [-0.4, -0.2) is 54.7 Å². The molecule has 3 aromatic carbocycles. The van der Waals surface area contributed by atoms with E-state index in [0.29, 0.717) is 11.3 Å². The predicted octanol–water partition coefficient (Wildman–Crippen LogP) is 6.15. The zero-order valence-electron chi connectivity index (χ0n) is 24.8. The van der Waals surface area contributed by atoms with Crippen LogP contribution >= 0.6 is 0 Å². The fraction of sp³-hybridized carbons (Fsp3) is 0.364. The third kappa shape index (κ3) is 8.99. The Bertz CT molecular complexity index is 1300. The molecule has 1 atom stereocenters. The summed E-state index contributed by atoms with van der Waals surface area (Å²) in [5, 5.41) is 14.8. The molecule has 1 aliphatic rings. The summed E-state index contributed by atoms with van der Waals surface area (Å²) in [4.78, 5) is 36.1. The van der Waals surface area contributed by atoms with Crippen LogP contribution in [0.15, 0.2) is 72.8 Å². The summed E-state index contributed by atoms with van der Waals surface area (Å²) in [5.41, 5.74) is 4.51. The Kier molecular flexibility index (Phi) is 11.4. The van der Waals surface area contributed by atoms with Gasteiger partial charge in [0.05, 0.1) is 6.54 Å². The van der Waals surface area contributed by atoms with Gasteiger partial charge >= 0.3 is 18.2 Å². The standard InChI is InChI=1S/C31H34N2O7.C2H6/c1-31(2,3)40-29(36)32-16-17-38-21-14-12-20(13-15-21)18-27(28(34)35)33-30(37)39-19-26-24-10-6-4-8-22(24)23-9-5-7-11-25(23)26;1-2/h4-15,26-27H,16-19H2,1-3H3,(H,32,36)(H,33,37)(H,34,35);1-2H3/t27-;/m0./s1. The number of amides is 2. The van der Waals surface area contributed by atoms with Crippen LogP contribution in [-0.2, 0) is 20.7 Å². The second-order valence-electron chi connectivity index (χ2n) is 10.5. The number of hydrogen-bond acceptors (Lipinski definition) is 6. The molecule has 0 saturated carbocycles. The lowest BCUT2D eigenvalue weighted by molar-refractivity contribution is -0.139. The highest BCUT2D eigenvalue weighted by molar-refractivity contribution is 5.81. The molecule has 224 valence electrons. The van der Waals surface area contributed by atoms with Gasteiger partial charge in [0.25, 0.3) is 0 Å². The van der Waals surface area contributed by atoms with Gasteiger partial charge < -0.3 is 30.0 Å². The van der Waals surface area contributed by atoms with Crippen LogP contribution in [0.2, 0.25) is 0 Å². The van der Waals surface area contributed by atoms with Gasteiger partial charge in [0.15, 0.2) is 0 Å². The molecule has 3 aromatic rings. The lowest BCUT2D eigenvalue weighted by Crippen LogP contribution is -2.42. The van der Waals surface area contributed by atoms with Gasteiger partial charge in [-0.05, 0) is 60.7 Å². The fourth-order valence-corrected chi connectivity index (χ4v) is 4.58. The minimum Gasteiger partial charge on any atom is -0.492 e. The molecule has 0 radical (unpaired) electrons. The van der Waals surface area contributed by atoms with Crippen molar-refractivity contribution in [1.82, 2.24) is 10.6 Å². The molecule has 0 bridgehead atoms. The molecule has 0 fully saturated rings. The molecule has 9 heteroatoms. The van der Waals surface area contributed by atoms with Gasteiger partial charge in [0, 0.05) is 12.3 Å². The monoisotopic (exact) mass is 576 g/mol. The molecule has 0 spiro atoms. The molecule has 0 heterocycles. The van der Waals surface area contributed by atoms with Gasteiger partial charge in [0.2, 0.25) is 0 Å². The van der Waals surface area contributed by atoms with Crippen molar-refractivity contribution in [3.8, 4) is 16.9 Å². The number of hydrogen-bond donors (Lipinski definition) is 3. The normalized spacial score (nSPS) is 12.5. The first-order valence-corrected chi connectivity index (χ1v) is 14.1. The molecule has 0 saturated heterocycles. The van der Waals surface area contributed by atoms with Crippen molar-refractivity contribution in [2.24, 2.45) is 0 Å². The average Bonchev–Trinajstić information content (AvgIpc) is 3.28. The van der Waals surface area contributed by atoms with Gasteiger partial charge in [0.1, 0.15) is 30.6 Å². The van der Waals surface area contributed by atoms with Gasteiger partial charge in [-0.2, -0.15) is 0 Å². The first kappa shape index (κ1) is 32.0. The quantitative estimate of drug-likeness (QED) is 0.247. The molecule has 4 rings (SSSR count). The minimum absolute atomic E-state index is 0.0695. The average molecular weight is 577 g/mol. The first-order chi connectivity index (χ1) is 20.1. The van der Waals surface area contributed by atoms with Crippen molar-refractivity contribution in [1.29, 1.82) is 0 Å². The maximum absolute atomic E-state index is 12.6. The number of benzene rings is 3. The summed E-state index contributed by atoms with van der Waals surface area (Å²) in [6.07, 6.45) is -1.23. The number of ether oxygens (including phenoxy) is 3. The molecular formula is C33H40N2O7. The van der Waals surface area contributed by atoms with E-state index < -0.39 is 29.8 Å². The van der Waals surface area contributed by atoms with Gasteiger partial charge in [-0.15, -0.1) is 0 Å². The molecule has 0 aromatic heterocycles. The summed E-state index contributed by atoms with van der Waals surface area (Å²) < 4.78 is 16.3. The molecule has 42 heavy (non-hydrogen) atoms. The van der Waals surface area contributed by atoms with Crippen LogP contribution in [0.3, 0.4) is 0 Å². The van der Waals surface area contributed by atoms with E-state index in [0.717, 1.165) is 22.3 Å². The number of rotatable bonds is 10. The summed E-state index contributed by atoms with van der Waals surface area (Å²) in [7, 11) is 0. The van der Waals surface area contributed by atoms with E-state index >= 15 is 0 Å². The Balaban J connectivity index is 0.00000237. The topological polar surface area (TPSA) is 123 Å². The zero-order chi connectivity index (χ0) is 30.7. The van der Waals surface area contributed by atoms with Crippen molar-refractivity contribution in [2.75, 3.05) is 19.8 Å². The van der Waals surface area contributed by atoms with E-state index in [-0.39, 0.29) is 32.1 Å². The first-order valence-electron chi connectivity index (χ1n) is 14.1. The summed E-state index contributed by atoms with van der Waals surface area (Å²) in [6.45, 7) is 9.95. The second-order valence-corrected chi connectivity index (χ2v) is 10.5. The molecule has 1 aliphatic carbocycles. The van der Waals surface area contributed by atoms with Gasteiger partial charge in [-0.3, -0.25) is 0 Å². The van der Waals surface area contributed by atoms with Crippen LogP contribution in [0.1, 0.15) is 57.2 Å². The Hall–Kier alpha value is -4.53. The number of carboxylic acids is 1. The van der Waals surface area contributed by atoms with E-state index in [4.69, 9.17) is 14.2 Å². The zero-order valence-corrected chi connectivity index (χ0v) is 24.8. The van der Waals surface area contributed by atoms with Crippen LogP contribution in [0, 0.1) is 0 Å². The highest BCUT2D eigenvalue weighted by Crippen LogP contribution is 2.44. The smallest absolute Gasteiger partial charge is 0.407 e. The number of nitrogens with one attached hydrogen (secondary N) is 2. The number of carboxylic acid groups (broad SMARTS) is 1. The van der Waals surface area contributed by atoms with Crippen LogP contribution < -0.4 is 15.4 Å². The molecule has 3 N–H and O–H groups in total. The Morgan fingerprint density at radius 2 is 1.43 bits per heavy atom. The fourth-order valence-electron chi connectivity index (χ4n) is 4.58. The van der Waals surface area contributed by atoms with Crippen molar-refractivity contribution < 1.29 is 33.7 Å². The summed E-state index contributed by atoms with van der Waals surface area (Å²) >= 11 is 0. The number of aliphatic carboxylic acids is 1. The predicted molar refractivity (Wildman–Crippen MR) is 161 cm³/mol. The molecule has 2 amide bonds. The minimum atomic E-state index is -1.17. The van der Waals surface area contributed by atoms with Gasteiger partial charge in [-0.25, -0.2) is 14.4 Å². The van der Waals surface area contributed by atoms with E-state index in [1.807, 2.05) is 62.4 Å². The van der Waals surface area contributed by atoms with Crippen molar-refractivity contribution >= 4 is 18.2 Å². The van der Waals surface area contributed by atoms with Crippen LogP contribution in [0.25, 0.3) is 11.1 Å². The third-order valence-corrected chi connectivity index (χ3v) is 6.34. The summed E-state index contributed by atoms with van der Waals surface area (Å²) in [5.74, 6) is -0.721. The van der Waals surface area contributed by atoms with Crippen LogP contribution in [0.5, 0.6) is 5.75 Å². The number of carbonyl (C=O) groups is 3. The maximum atomic E-state index is 12.6. The number of fused-ring (bicyclic) bond motifs is 3. The molecular weight excluding hydrogens is 536 g/mol. The van der Waals surface area contributed by atoms with E-state index in [9.17, 15) is 19.5 Å². The Morgan fingerprint density at radius 1 is 0.857 bits per heavy atom. The van der Waals surface area contributed by atoms with E-state index in [1.54, 1.807) is 45.0 Å².